The zero-order chi connectivity index (χ0) is 22.8. The fraction of sp³-hybridized carbons (Fsp3) is 0.450. The monoisotopic (exact) mass is 435 g/mol. The normalized spacial score (nSPS) is 13.5. The number of rotatable bonds is 13. The summed E-state index contributed by atoms with van der Waals surface area (Å²) in [6.07, 6.45) is 0.596. The van der Waals surface area contributed by atoms with E-state index in [1.807, 2.05) is 0 Å². The van der Waals surface area contributed by atoms with Crippen LogP contribution < -0.4 is 15.4 Å². The van der Waals surface area contributed by atoms with Gasteiger partial charge >= 0.3 is 0 Å². The summed E-state index contributed by atoms with van der Waals surface area (Å²) in [6.45, 7) is 0.0817. The summed E-state index contributed by atoms with van der Waals surface area (Å²) >= 11 is 0. The lowest BCUT2D eigenvalue weighted by molar-refractivity contribution is -0.125. The van der Waals surface area contributed by atoms with Crippen LogP contribution in [0.15, 0.2) is 18.2 Å². The zero-order valence-electron chi connectivity index (χ0n) is 17.1. The molecule has 11 heteroatoms. The van der Waals surface area contributed by atoms with Crippen molar-refractivity contribution in [3.05, 3.63) is 29.3 Å². The highest BCUT2D eigenvalue weighted by molar-refractivity contribution is 6.24. The molecule has 0 saturated carbocycles. The Morgan fingerprint density at radius 1 is 1.23 bits per heavy atom. The maximum atomic E-state index is 13.0. The second-order valence-electron chi connectivity index (χ2n) is 6.51. The van der Waals surface area contributed by atoms with Gasteiger partial charge in [0.05, 0.1) is 30.9 Å². The number of hydrogen-bond donors (Lipinski definition) is 3. The van der Waals surface area contributed by atoms with Gasteiger partial charge in [-0.15, -0.1) is 0 Å². The fourth-order valence-corrected chi connectivity index (χ4v) is 3.07. The summed E-state index contributed by atoms with van der Waals surface area (Å²) in [4.78, 5) is 61.5. The van der Waals surface area contributed by atoms with Crippen molar-refractivity contribution in [3.8, 4) is 5.75 Å². The molecule has 168 valence electrons. The van der Waals surface area contributed by atoms with Crippen LogP contribution in [0.5, 0.6) is 5.75 Å². The molecular formula is C20H25N3O8. The molecule has 1 heterocycles. The SMILES string of the molecule is CNC(=O)C(CCC=O)N1C(=O)c2cccc(OCC(=O)NCCOCCO)c2C1=O. The Bertz CT molecular complexity index is 842. The van der Waals surface area contributed by atoms with Gasteiger partial charge in [-0.25, -0.2) is 0 Å². The number of carbonyl (C=O) groups excluding carboxylic acids is 5. The van der Waals surface area contributed by atoms with Crippen molar-refractivity contribution in [2.24, 2.45) is 0 Å². The first-order chi connectivity index (χ1) is 15.0. The third-order valence-corrected chi connectivity index (χ3v) is 4.49. The number of likely N-dealkylation sites (N-methyl/N-ethyl adjacent to an activating group) is 1. The van der Waals surface area contributed by atoms with Crippen molar-refractivity contribution in [3.63, 3.8) is 0 Å². The quantitative estimate of drug-likeness (QED) is 0.200. The van der Waals surface area contributed by atoms with E-state index in [1.165, 1.54) is 25.2 Å². The van der Waals surface area contributed by atoms with Crippen LogP contribution in [0.3, 0.4) is 0 Å². The number of benzene rings is 1. The third-order valence-electron chi connectivity index (χ3n) is 4.49. The van der Waals surface area contributed by atoms with E-state index in [2.05, 4.69) is 10.6 Å². The van der Waals surface area contributed by atoms with Gasteiger partial charge in [0.1, 0.15) is 18.1 Å². The molecule has 3 N–H and O–H groups in total. The van der Waals surface area contributed by atoms with E-state index in [4.69, 9.17) is 14.6 Å². The van der Waals surface area contributed by atoms with Crippen LogP contribution in [0, 0.1) is 0 Å². The molecule has 0 bridgehead atoms. The van der Waals surface area contributed by atoms with Crippen LogP contribution in [0.1, 0.15) is 33.6 Å². The second-order valence-corrected chi connectivity index (χ2v) is 6.51. The third kappa shape index (κ3) is 5.86. The molecule has 0 spiro atoms. The summed E-state index contributed by atoms with van der Waals surface area (Å²) in [5, 5.41) is 13.6. The molecule has 0 saturated heterocycles. The van der Waals surface area contributed by atoms with Gasteiger partial charge in [-0.1, -0.05) is 6.07 Å². The van der Waals surface area contributed by atoms with Crippen LogP contribution in [-0.4, -0.2) is 86.0 Å². The van der Waals surface area contributed by atoms with Crippen LogP contribution in [0.2, 0.25) is 0 Å². The predicted molar refractivity (Wildman–Crippen MR) is 107 cm³/mol. The van der Waals surface area contributed by atoms with Crippen molar-refractivity contribution in [1.82, 2.24) is 15.5 Å². The lowest BCUT2D eigenvalue weighted by atomic mass is 10.1. The van der Waals surface area contributed by atoms with E-state index in [-0.39, 0.29) is 56.1 Å². The van der Waals surface area contributed by atoms with Gasteiger partial charge in [0, 0.05) is 20.0 Å². The molecule has 1 unspecified atom stereocenters. The number of hydrogen-bond acceptors (Lipinski definition) is 8. The number of aliphatic hydroxyl groups is 1. The molecule has 0 fully saturated rings. The highest BCUT2D eigenvalue weighted by Gasteiger charge is 2.44. The number of nitrogens with one attached hydrogen (secondary N) is 2. The summed E-state index contributed by atoms with van der Waals surface area (Å²) in [5.74, 6) is -2.39. The van der Waals surface area contributed by atoms with E-state index < -0.39 is 36.3 Å². The highest BCUT2D eigenvalue weighted by atomic mass is 16.5. The first-order valence-corrected chi connectivity index (χ1v) is 9.70. The van der Waals surface area contributed by atoms with E-state index in [9.17, 15) is 24.0 Å². The maximum absolute atomic E-state index is 13.0. The van der Waals surface area contributed by atoms with Crippen molar-refractivity contribution >= 4 is 29.9 Å². The van der Waals surface area contributed by atoms with Crippen molar-refractivity contribution in [2.75, 3.05) is 40.0 Å². The Morgan fingerprint density at radius 3 is 2.68 bits per heavy atom. The Labute approximate surface area is 178 Å². The molecule has 2 rings (SSSR count). The number of ether oxygens (including phenoxy) is 2. The van der Waals surface area contributed by atoms with Gasteiger partial charge in [-0.3, -0.25) is 24.1 Å². The van der Waals surface area contributed by atoms with Gasteiger partial charge in [-0.2, -0.15) is 0 Å². The number of carbonyl (C=O) groups is 5. The number of fused-ring (bicyclic) bond motifs is 1. The number of nitrogens with zero attached hydrogens (tertiary/aromatic N) is 1. The Balaban J connectivity index is 2.10. The molecular weight excluding hydrogens is 410 g/mol. The molecule has 0 aliphatic carbocycles. The van der Waals surface area contributed by atoms with Gasteiger partial charge < -0.3 is 30.0 Å². The minimum Gasteiger partial charge on any atom is -0.483 e. The van der Waals surface area contributed by atoms with E-state index in [0.717, 1.165) is 4.90 Å². The number of aliphatic hydroxyl groups excluding tert-OH is 1. The van der Waals surface area contributed by atoms with Gasteiger partial charge in [0.25, 0.3) is 17.7 Å². The topological polar surface area (TPSA) is 151 Å². The first kappa shape index (κ1) is 24.0. The summed E-state index contributed by atoms with van der Waals surface area (Å²) in [5.41, 5.74) is 0.0203. The molecule has 0 radical (unpaired) electrons. The number of imide groups is 1. The Kier molecular flexibility index (Phi) is 9.10. The number of amides is 4. The van der Waals surface area contributed by atoms with Crippen LogP contribution in [0.25, 0.3) is 0 Å². The Hall–Kier alpha value is -3.31. The second kappa shape index (κ2) is 11.8. The van der Waals surface area contributed by atoms with Crippen molar-refractivity contribution in [1.29, 1.82) is 0 Å². The van der Waals surface area contributed by atoms with E-state index in [1.54, 1.807) is 0 Å². The molecule has 31 heavy (non-hydrogen) atoms. The summed E-state index contributed by atoms with van der Waals surface area (Å²) in [7, 11) is 1.37. The van der Waals surface area contributed by atoms with Crippen LogP contribution in [-0.2, 0) is 19.1 Å². The van der Waals surface area contributed by atoms with E-state index in [0.29, 0.717) is 6.29 Å². The first-order valence-electron chi connectivity index (χ1n) is 9.70. The van der Waals surface area contributed by atoms with Gasteiger partial charge in [0.2, 0.25) is 5.91 Å². The molecule has 1 aromatic carbocycles. The maximum Gasteiger partial charge on any atom is 0.266 e. The summed E-state index contributed by atoms with van der Waals surface area (Å²) < 4.78 is 10.5. The van der Waals surface area contributed by atoms with E-state index >= 15 is 0 Å². The standard InChI is InChI=1S/C20H25N3O8/c1-21-18(27)14(5-3-8-24)23-19(28)13-4-2-6-15(17(13)20(23)29)31-12-16(26)22-7-10-30-11-9-25/h2,4,6,8,14,25H,3,5,7,9-12H2,1H3,(H,21,27)(H,22,26). The number of aldehydes is 1. The van der Waals surface area contributed by atoms with Crippen LogP contribution in [0.4, 0.5) is 0 Å². The Morgan fingerprint density at radius 2 is 2.00 bits per heavy atom. The largest absolute Gasteiger partial charge is 0.483 e. The minimum atomic E-state index is -1.14. The molecule has 1 aliphatic rings. The molecule has 0 aromatic heterocycles. The average molecular weight is 435 g/mol. The average Bonchev–Trinajstić information content (AvgIpc) is 3.03. The van der Waals surface area contributed by atoms with Crippen molar-refractivity contribution in [2.45, 2.75) is 18.9 Å². The summed E-state index contributed by atoms with van der Waals surface area (Å²) in [6, 6.07) is 3.24. The highest BCUT2D eigenvalue weighted by Crippen LogP contribution is 2.33. The smallest absolute Gasteiger partial charge is 0.266 e. The lowest BCUT2D eigenvalue weighted by Gasteiger charge is -2.24. The van der Waals surface area contributed by atoms with Gasteiger partial charge in [0.15, 0.2) is 6.61 Å². The molecule has 1 aliphatic heterocycles. The molecule has 4 amide bonds. The minimum absolute atomic E-state index is 0.00294. The lowest BCUT2D eigenvalue weighted by Crippen LogP contribution is -2.48. The fourth-order valence-electron chi connectivity index (χ4n) is 3.07. The van der Waals surface area contributed by atoms with Crippen LogP contribution >= 0.6 is 0 Å². The predicted octanol–water partition coefficient (Wildman–Crippen LogP) is -1.12. The van der Waals surface area contributed by atoms with Gasteiger partial charge in [-0.05, 0) is 18.6 Å². The molecule has 1 atom stereocenters. The zero-order valence-corrected chi connectivity index (χ0v) is 17.1. The van der Waals surface area contributed by atoms with Crippen molar-refractivity contribution < 1.29 is 38.6 Å². The molecule has 1 aromatic rings. The molecule has 11 nitrogen and oxygen atoms in total.